The predicted octanol–water partition coefficient (Wildman–Crippen LogP) is 2.04. The monoisotopic (exact) mass is 439 g/mol. The third-order valence-corrected chi connectivity index (χ3v) is 5.96. The van der Waals surface area contributed by atoms with Crippen molar-refractivity contribution in [3.05, 3.63) is 69.3 Å². The maximum absolute atomic E-state index is 13.3. The molecule has 170 valence electrons. The number of aryl methyl sites for hydroxylation is 2. The number of fused-ring (bicyclic) bond motifs is 1. The average Bonchev–Trinajstić information content (AvgIpc) is 3.34. The Kier molecular flexibility index (Phi) is 6.18. The fraction of sp³-hybridized carbons (Fsp3) is 0.435. The number of aromatic nitrogens is 3. The summed E-state index contributed by atoms with van der Waals surface area (Å²) in [6.45, 7) is 6.53. The molecule has 1 aliphatic heterocycles. The molecule has 0 aromatic carbocycles. The van der Waals surface area contributed by atoms with Crippen LogP contribution >= 0.6 is 0 Å². The van der Waals surface area contributed by atoms with Crippen LogP contribution in [-0.2, 0) is 26.6 Å². The number of amides is 1. The van der Waals surface area contributed by atoms with E-state index in [1.807, 2.05) is 37.8 Å². The number of carbonyl (C=O) groups is 1. The maximum atomic E-state index is 13.3. The van der Waals surface area contributed by atoms with E-state index in [2.05, 4.69) is 15.3 Å². The van der Waals surface area contributed by atoms with Crippen molar-refractivity contribution in [2.45, 2.75) is 39.4 Å². The van der Waals surface area contributed by atoms with Crippen LogP contribution < -0.4 is 15.6 Å². The molecular formula is C23H29N5O4. The Labute approximate surface area is 186 Å². The third kappa shape index (κ3) is 4.34. The van der Waals surface area contributed by atoms with E-state index in [4.69, 9.17) is 9.15 Å². The summed E-state index contributed by atoms with van der Waals surface area (Å²) in [5, 5.41) is 7.39. The fourth-order valence-electron chi connectivity index (χ4n) is 4.28. The Hall–Kier alpha value is -3.33. The quantitative estimate of drug-likeness (QED) is 0.632. The Morgan fingerprint density at radius 1 is 1.34 bits per heavy atom. The third-order valence-electron chi connectivity index (χ3n) is 5.96. The molecule has 0 saturated carbocycles. The normalized spacial score (nSPS) is 15.1. The van der Waals surface area contributed by atoms with Gasteiger partial charge in [0.1, 0.15) is 17.1 Å². The van der Waals surface area contributed by atoms with Crippen molar-refractivity contribution in [3.8, 4) is 5.75 Å². The van der Waals surface area contributed by atoms with Crippen LogP contribution in [-0.4, -0.2) is 45.4 Å². The highest BCUT2D eigenvalue weighted by Crippen LogP contribution is 2.24. The van der Waals surface area contributed by atoms with Gasteiger partial charge in [-0.05, 0) is 26.0 Å². The van der Waals surface area contributed by atoms with E-state index in [0.29, 0.717) is 42.3 Å². The van der Waals surface area contributed by atoms with E-state index < -0.39 is 0 Å². The molecule has 3 aromatic rings. The first kappa shape index (κ1) is 21.9. The van der Waals surface area contributed by atoms with Gasteiger partial charge in [-0.25, -0.2) is 0 Å². The molecule has 3 aromatic heterocycles. The fourth-order valence-corrected chi connectivity index (χ4v) is 4.28. The minimum Gasteiger partial charge on any atom is -0.496 e. The van der Waals surface area contributed by atoms with Crippen LogP contribution in [0.4, 0.5) is 0 Å². The zero-order valence-corrected chi connectivity index (χ0v) is 18.9. The van der Waals surface area contributed by atoms with Crippen LogP contribution in [0.5, 0.6) is 5.75 Å². The highest BCUT2D eigenvalue weighted by molar-refractivity contribution is 5.98. The molecule has 0 bridgehead atoms. The number of furan rings is 1. The van der Waals surface area contributed by atoms with E-state index in [1.165, 1.54) is 13.2 Å². The van der Waals surface area contributed by atoms with Crippen molar-refractivity contribution in [2.75, 3.05) is 20.2 Å². The molecule has 0 unspecified atom stereocenters. The summed E-state index contributed by atoms with van der Waals surface area (Å²) in [6.07, 6.45) is 4.16. The summed E-state index contributed by atoms with van der Waals surface area (Å²) in [7, 11) is 3.39. The molecule has 9 heteroatoms. The molecule has 4 rings (SSSR count). The van der Waals surface area contributed by atoms with Gasteiger partial charge < -0.3 is 19.0 Å². The summed E-state index contributed by atoms with van der Waals surface area (Å²) in [4.78, 5) is 28.4. The largest absolute Gasteiger partial charge is 0.496 e. The molecule has 1 amide bonds. The number of nitrogens with zero attached hydrogens (tertiary/aromatic N) is 4. The van der Waals surface area contributed by atoms with Crippen LogP contribution in [0.2, 0.25) is 0 Å². The Balaban J connectivity index is 1.61. The number of rotatable bonds is 6. The van der Waals surface area contributed by atoms with Crippen LogP contribution in [0.3, 0.4) is 0 Å². The van der Waals surface area contributed by atoms with E-state index >= 15 is 0 Å². The summed E-state index contributed by atoms with van der Waals surface area (Å²) in [6, 6.07) is 4.68. The highest BCUT2D eigenvalue weighted by atomic mass is 16.5. The smallest absolute Gasteiger partial charge is 0.257 e. The zero-order chi connectivity index (χ0) is 22.8. The first-order chi connectivity index (χ1) is 15.4. The molecule has 1 atom stereocenters. The van der Waals surface area contributed by atoms with Gasteiger partial charge >= 0.3 is 0 Å². The van der Waals surface area contributed by atoms with E-state index in [-0.39, 0.29) is 17.5 Å². The molecule has 0 spiro atoms. The molecule has 0 aliphatic carbocycles. The van der Waals surface area contributed by atoms with Crippen molar-refractivity contribution >= 4 is 5.91 Å². The number of methoxy groups -OCH3 is 1. The van der Waals surface area contributed by atoms with Gasteiger partial charge in [-0.1, -0.05) is 0 Å². The maximum Gasteiger partial charge on any atom is 0.257 e. The average molecular weight is 440 g/mol. The van der Waals surface area contributed by atoms with Crippen molar-refractivity contribution in [3.63, 3.8) is 0 Å². The van der Waals surface area contributed by atoms with Gasteiger partial charge in [0.2, 0.25) is 0 Å². The lowest BCUT2D eigenvalue weighted by molar-refractivity contribution is 0.0930. The highest BCUT2D eigenvalue weighted by Gasteiger charge is 2.26. The lowest BCUT2D eigenvalue weighted by Crippen LogP contribution is -2.32. The van der Waals surface area contributed by atoms with Gasteiger partial charge in [0.15, 0.2) is 0 Å². The molecular weight excluding hydrogens is 410 g/mol. The Morgan fingerprint density at radius 2 is 2.16 bits per heavy atom. The second-order valence-corrected chi connectivity index (χ2v) is 8.17. The van der Waals surface area contributed by atoms with Gasteiger partial charge in [0, 0.05) is 63.2 Å². The van der Waals surface area contributed by atoms with Crippen LogP contribution in [0, 0.1) is 6.92 Å². The number of hydrogen-bond acceptors (Lipinski definition) is 6. The topological polar surface area (TPSA) is 94.5 Å². The van der Waals surface area contributed by atoms with E-state index in [0.717, 1.165) is 24.3 Å². The van der Waals surface area contributed by atoms with Crippen molar-refractivity contribution in [1.29, 1.82) is 0 Å². The molecule has 0 fully saturated rings. The van der Waals surface area contributed by atoms with Crippen LogP contribution in [0.1, 0.15) is 46.0 Å². The van der Waals surface area contributed by atoms with Crippen molar-refractivity contribution < 1.29 is 13.9 Å². The molecule has 9 nitrogen and oxygen atoms in total. The standard InChI is InChI=1S/C23H29N5O4/c1-15-17(13-26(3)25-15)14-27-8-7-18-22(20(31-4)12-21(29)28(18)10-9-27)23(30)24-16(2)19-6-5-11-32-19/h5-6,11-13,16H,7-10,14H2,1-4H3,(H,24,30)/t16-/m0/s1. The molecule has 0 radical (unpaired) electrons. The number of hydrogen-bond donors (Lipinski definition) is 1. The first-order valence-electron chi connectivity index (χ1n) is 10.7. The van der Waals surface area contributed by atoms with Crippen LogP contribution in [0.15, 0.2) is 39.9 Å². The number of ether oxygens (including phenoxy) is 1. The summed E-state index contributed by atoms with van der Waals surface area (Å²) >= 11 is 0. The second kappa shape index (κ2) is 9.04. The molecule has 0 saturated heterocycles. The van der Waals surface area contributed by atoms with Gasteiger partial charge in [-0.3, -0.25) is 19.2 Å². The minimum atomic E-state index is -0.314. The van der Waals surface area contributed by atoms with Gasteiger partial charge in [-0.2, -0.15) is 5.10 Å². The minimum absolute atomic E-state index is 0.160. The van der Waals surface area contributed by atoms with E-state index in [1.54, 1.807) is 16.9 Å². The molecule has 32 heavy (non-hydrogen) atoms. The summed E-state index contributed by atoms with van der Waals surface area (Å²) in [5.41, 5.74) is 3.11. The van der Waals surface area contributed by atoms with Crippen molar-refractivity contribution in [1.82, 2.24) is 24.6 Å². The summed E-state index contributed by atoms with van der Waals surface area (Å²) < 4.78 is 14.4. The number of pyridine rings is 1. The number of nitrogens with one attached hydrogen (secondary N) is 1. The Bertz CT molecular complexity index is 1160. The van der Waals surface area contributed by atoms with E-state index in [9.17, 15) is 9.59 Å². The zero-order valence-electron chi connectivity index (χ0n) is 18.9. The number of carbonyl (C=O) groups excluding carboxylic acids is 1. The lowest BCUT2D eigenvalue weighted by Gasteiger charge is -2.19. The molecule has 1 aliphatic rings. The van der Waals surface area contributed by atoms with Crippen molar-refractivity contribution in [2.24, 2.45) is 7.05 Å². The predicted molar refractivity (Wildman–Crippen MR) is 119 cm³/mol. The molecule has 1 N–H and O–H groups in total. The second-order valence-electron chi connectivity index (χ2n) is 8.17. The molecule has 4 heterocycles. The van der Waals surface area contributed by atoms with Gasteiger partial charge in [0.25, 0.3) is 11.5 Å². The SMILES string of the molecule is COc1cc(=O)n2c(c1C(=O)N[C@@H](C)c1ccco1)CCN(Cc1cn(C)nc1C)CC2. The summed E-state index contributed by atoms with van der Waals surface area (Å²) in [5.74, 6) is 0.669. The van der Waals surface area contributed by atoms with Gasteiger partial charge in [0.05, 0.1) is 25.1 Å². The van der Waals surface area contributed by atoms with Crippen LogP contribution in [0.25, 0.3) is 0 Å². The first-order valence-corrected chi connectivity index (χ1v) is 10.7. The Morgan fingerprint density at radius 3 is 2.81 bits per heavy atom. The lowest BCUT2D eigenvalue weighted by atomic mass is 10.1. The van der Waals surface area contributed by atoms with Gasteiger partial charge in [-0.15, -0.1) is 0 Å².